The second kappa shape index (κ2) is 6.96. The number of nitro groups is 1. The third-order valence-corrected chi connectivity index (χ3v) is 3.68. The van der Waals surface area contributed by atoms with Crippen LogP contribution in [0.1, 0.15) is 24.4 Å². The van der Waals surface area contributed by atoms with Crippen LogP contribution in [0.25, 0.3) is 17.1 Å². The van der Waals surface area contributed by atoms with E-state index in [1.807, 2.05) is 31.2 Å². The molecule has 7 heteroatoms. The number of non-ortho nitro benzene ring substituents is 1. The van der Waals surface area contributed by atoms with Gasteiger partial charge < -0.3 is 10.3 Å². The molecule has 0 saturated heterocycles. The molecule has 1 atom stereocenters. The van der Waals surface area contributed by atoms with E-state index in [4.69, 9.17) is 0 Å². The number of H-pyrrole nitrogens is 1. The molecule has 1 aromatic heterocycles. The Morgan fingerprint density at radius 2 is 2.08 bits per heavy atom. The van der Waals surface area contributed by atoms with E-state index in [0.29, 0.717) is 11.4 Å². The Labute approximate surface area is 143 Å². The summed E-state index contributed by atoms with van der Waals surface area (Å²) >= 11 is 0. The van der Waals surface area contributed by atoms with Crippen LogP contribution in [0, 0.1) is 10.1 Å². The molecule has 0 aliphatic carbocycles. The number of carbonyl (C=O) groups is 1. The minimum atomic E-state index is -0.471. The molecule has 0 aliphatic rings. The van der Waals surface area contributed by atoms with Crippen LogP contribution in [0.5, 0.6) is 0 Å². The molecular formula is C18H16N4O3. The first kappa shape index (κ1) is 16.4. The molecule has 1 amide bonds. The predicted molar refractivity (Wildman–Crippen MR) is 94.8 cm³/mol. The number of aromatic amines is 1. The van der Waals surface area contributed by atoms with Crippen LogP contribution in [0.4, 0.5) is 5.69 Å². The average Bonchev–Trinajstić information content (AvgIpc) is 3.04. The van der Waals surface area contributed by atoms with Crippen LogP contribution >= 0.6 is 0 Å². The average molecular weight is 336 g/mol. The number of nitrogens with zero attached hydrogens (tertiary/aromatic N) is 2. The first-order valence-electron chi connectivity index (χ1n) is 7.70. The lowest BCUT2D eigenvalue weighted by atomic mass is 10.2. The Hall–Kier alpha value is -3.48. The number of rotatable bonds is 5. The van der Waals surface area contributed by atoms with Gasteiger partial charge in [0.25, 0.3) is 5.69 Å². The first-order valence-corrected chi connectivity index (χ1v) is 7.70. The van der Waals surface area contributed by atoms with Crippen molar-refractivity contribution in [1.29, 1.82) is 0 Å². The van der Waals surface area contributed by atoms with Gasteiger partial charge in [-0.3, -0.25) is 14.9 Å². The molecule has 0 bridgehead atoms. The molecule has 0 saturated carbocycles. The maximum atomic E-state index is 12.1. The van der Waals surface area contributed by atoms with E-state index in [1.165, 1.54) is 24.3 Å². The maximum absolute atomic E-state index is 12.1. The summed E-state index contributed by atoms with van der Waals surface area (Å²) in [5.74, 6) is 0.359. The lowest BCUT2D eigenvalue weighted by molar-refractivity contribution is -0.384. The number of benzene rings is 2. The lowest BCUT2D eigenvalue weighted by Gasteiger charge is -2.09. The Bertz CT molecular complexity index is 929. The summed E-state index contributed by atoms with van der Waals surface area (Å²) in [7, 11) is 0. The van der Waals surface area contributed by atoms with Gasteiger partial charge in [-0.05, 0) is 30.7 Å². The van der Waals surface area contributed by atoms with Crippen LogP contribution in [0.3, 0.4) is 0 Å². The van der Waals surface area contributed by atoms with Crippen molar-refractivity contribution < 1.29 is 9.72 Å². The Kier molecular flexibility index (Phi) is 4.56. The van der Waals surface area contributed by atoms with Crippen LogP contribution in [-0.2, 0) is 4.79 Å². The number of aromatic nitrogens is 2. The molecule has 0 aliphatic heterocycles. The normalized spacial score (nSPS) is 12.4. The second-order valence-electron chi connectivity index (χ2n) is 5.55. The number of hydrogen-bond acceptors (Lipinski definition) is 4. The quantitative estimate of drug-likeness (QED) is 0.424. The lowest BCUT2D eigenvalue weighted by Crippen LogP contribution is -2.25. The molecule has 2 N–H and O–H groups in total. The number of amides is 1. The summed E-state index contributed by atoms with van der Waals surface area (Å²) in [5, 5.41) is 13.6. The third kappa shape index (κ3) is 3.89. The minimum Gasteiger partial charge on any atom is -0.343 e. The van der Waals surface area contributed by atoms with Gasteiger partial charge in [-0.15, -0.1) is 0 Å². The number of nitro benzene ring substituents is 1. The molecule has 0 spiro atoms. The summed E-state index contributed by atoms with van der Waals surface area (Å²) in [6, 6.07) is 13.4. The van der Waals surface area contributed by atoms with E-state index in [0.717, 1.165) is 11.0 Å². The molecule has 1 heterocycles. The zero-order valence-electron chi connectivity index (χ0n) is 13.5. The molecule has 2 aromatic carbocycles. The van der Waals surface area contributed by atoms with Gasteiger partial charge in [0.05, 0.1) is 22.0 Å². The SMILES string of the molecule is CC(NC(=O)/C=C/c1cccc([N+](=O)[O-])c1)c1nc2ccccc2[nH]1. The Morgan fingerprint density at radius 1 is 1.28 bits per heavy atom. The third-order valence-electron chi connectivity index (χ3n) is 3.68. The van der Waals surface area contributed by atoms with E-state index < -0.39 is 4.92 Å². The molecule has 3 rings (SSSR count). The minimum absolute atomic E-state index is 0.0156. The van der Waals surface area contributed by atoms with Gasteiger partial charge in [0.2, 0.25) is 5.91 Å². The number of nitrogens with one attached hydrogen (secondary N) is 2. The van der Waals surface area contributed by atoms with Gasteiger partial charge in [-0.1, -0.05) is 24.3 Å². The summed E-state index contributed by atoms with van der Waals surface area (Å²) in [4.78, 5) is 30.0. The number of para-hydroxylation sites is 2. The molecule has 7 nitrogen and oxygen atoms in total. The van der Waals surface area contributed by atoms with Crippen LogP contribution < -0.4 is 5.32 Å². The number of imidazole rings is 1. The zero-order chi connectivity index (χ0) is 17.8. The van der Waals surface area contributed by atoms with Gasteiger partial charge in [0, 0.05) is 18.2 Å². The maximum Gasteiger partial charge on any atom is 0.270 e. The summed E-state index contributed by atoms with van der Waals surface area (Å²) < 4.78 is 0. The van der Waals surface area contributed by atoms with Gasteiger partial charge in [-0.2, -0.15) is 0 Å². The van der Waals surface area contributed by atoms with Crippen molar-refractivity contribution in [3.63, 3.8) is 0 Å². The molecule has 3 aromatic rings. The van der Waals surface area contributed by atoms with Crippen molar-refractivity contribution >= 4 is 28.7 Å². The summed E-state index contributed by atoms with van der Waals surface area (Å²) in [6.07, 6.45) is 2.88. The highest BCUT2D eigenvalue weighted by molar-refractivity contribution is 5.92. The van der Waals surface area contributed by atoms with E-state index in [-0.39, 0.29) is 17.6 Å². The zero-order valence-corrected chi connectivity index (χ0v) is 13.5. The Morgan fingerprint density at radius 3 is 2.84 bits per heavy atom. The van der Waals surface area contributed by atoms with Crippen LogP contribution in [0.15, 0.2) is 54.6 Å². The number of carbonyl (C=O) groups excluding carboxylic acids is 1. The summed E-state index contributed by atoms with van der Waals surface area (Å²) in [5.41, 5.74) is 2.32. The summed E-state index contributed by atoms with van der Waals surface area (Å²) in [6.45, 7) is 1.83. The topological polar surface area (TPSA) is 101 Å². The largest absolute Gasteiger partial charge is 0.343 e. The van der Waals surface area contributed by atoms with Gasteiger partial charge in [0.1, 0.15) is 5.82 Å². The van der Waals surface area contributed by atoms with E-state index in [2.05, 4.69) is 15.3 Å². The van der Waals surface area contributed by atoms with Crippen LogP contribution in [0.2, 0.25) is 0 Å². The molecule has 0 fully saturated rings. The van der Waals surface area contributed by atoms with Gasteiger partial charge >= 0.3 is 0 Å². The van der Waals surface area contributed by atoms with Crippen molar-refractivity contribution in [2.45, 2.75) is 13.0 Å². The van der Waals surface area contributed by atoms with E-state index in [1.54, 1.807) is 12.1 Å². The fraction of sp³-hybridized carbons (Fsp3) is 0.111. The fourth-order valence-corrected chi connectivity index (χ4v) is 2.42. The first-order chi connectivity index (χ1) is 12.0. The van der Waals surface area contributed by atoms with Gasteiger partial charge in [0.15, 0.2) is 0 Å². The fourth-order valence-electron chi connectivity index (χ4n) is 2.42. The van der Waals surface area contributed by atoms with Crippen molar-refractivity contribution in [1.82, 2.24) is 15.3 Å². The standard InChI is InChI=1S/C18H16N4O3/c1-12(18-20-15-7-2-3-8-16(15)21-18)19-17(23)10-9-13-5-4-6-14(11-13)22(24)25/h2-12H,1H3,(H,19,23)(H,20,21)/b10-9+. The van der Waals surface area contributed by atoms with E-state index >= 15 is 0 Å². The Balaban J connectivity index is 1.67. The van der Waals surface area contributed by atoms with Gasteiger partial charge in [-0.25, -0.2) is 4.98 Å². The molecule has 0 radical (unpaired) electrons. The van der Waals surface area contributed by atoms with Crippen molar-refractivity contribution in [3.8, 4) is 0 Å². The molecule has 25 heavy (non-hydrogen) atoms. The highest BCUT2D eigenvalue weighted by atomic mass is 16.6. The highest BCUT2D eigenvalue weighted by Gasteiger charge is 2.12. The second-order valence-corrected chi connectivity index (χ2v) is 5.55. The molecular weight excluding hydrogens is 320 g/mol. The molecule has 1 unspecified atom stereocenters. The smallest absolute Gasteiger partial charge is 0.270 e. The predicted octanol–water partition coefficient (Wildman–Crippen LogP) is 3.36. The highest BCUT2D eigenvalue weighted by Crippen LogP contribution is 2.16. The van der Waals surface area contributed by atoms with Crippen molar-refractivity contribution in [2.75, 3.05) is 0 Å². The van der Waals surface area contributed by atoms with Crippen molar-refractivity contribution in [3.05, 3.63) is 76.1 Å². The van der Waals surface area contributed by atoms with Crippen LogP contribution in [-0.4, -0.2) is 20.8 Å². The molecule has 126 valence electrons. The van der Waals surface area contributed by atoms with E-state index in [9.17, 15) is 14.9 Å². The monoisotopic (exact) mass is 336 g/mol. The van der Waals surface area contributed by atoms with Crippen molar-refractivity contribution in [2.24, 2.45) is 0 Å². The number of hydrogen-bond donors (Lipinski definition) is 2. The number of fused-ring (bicyclic) bond motifs is 1.